The van der Waals surface area contributed by atoms with Crippen LogP contribution in [0.25, 0.3) is 0 Å². The standard InChI is InChI=1S/C4H8ClNO2.ClH/c5-1-2-8-4(7)3-6;/h1-3,6H2;1H/p-1. The number of alkyl halides is 1. The summed E-state index contributed by atoms with van der Waals surface area (Å²) < 4.78 is 4.44. The average Bonchev–Trinajstić information content (AvgIpc) is 1.83. The van der Waals surface area contributed by atoms with Crippen molar-refractivity contribution >= 4 is 17.6 Å². The Balaban J connectivity index is 0. The zero-order valence-corrected chi connectivity index (χ0v) is 6.28. The topological polar surface area (TPSA) is 52.3 Å². The molecule has 2 N–H and O–H groups in total. The van der Waals surface area contributed by atoms with E-state index in [4.69, 9.17) is 17.3 Å². The van der Waals surface area contributed by atoms with Gasteiger partial charge in [0.1, 0.15) is 6.61 Å². The van der Waals surface area contributed by atoms with Crippen LogP contribution in [0.2, 0.25) is 0 Å². The van der Waals surface area contributed by atoms with Gasteiger partial charge in [0.15, 0.2) is 0 Å². The second-order valence-electron chi connectivity index (χ2n) is 1.11. The van der Waals surface area contributed by atoms with E-state index < -0.39 is 5.97 Å². The van der Waals surface area contributed by atoms with Gasteiger partial charge in [0.25, 0.3) is 0 Å². The molecule has 0 aliphatic heterocycles. The van der Waals surface area contributed by atoms with Crippen LogP contribution >= 0.6 is 11.6 Å². The lowest BCUT2D eigenvalue weighted by Crippen LogP contribution is -3.00. The van der Waals surface area contributed by atoms with Gasteiger partial charge in [-0.25, -0.2) is 0 Å². The van der Waals surface area contributed by atoms with Crippen LogP contribution in [0.1, 0.15) is 0 Å². The lowest BCUT2D eigenvalue weighted by atomic mass is 10.7. The largest absolute Gasteiger partial charge is 1.00 e. The van der Waals surface area contributed by atoms with Crippen LogP contribution in [0.3, 0.4) is 0 Å². The summed E-state index contributed by atoms with van der Waals surface area (Å²) in [7, 11) is 0. The van der Waals surface area contributed by atoms with E-state index in [9.17, 15) is 4.79 Å². The third kappa shape index (κ3) is 8.01. The molecule has 0 aliphatic rings. The Morgan fingerprint density at radius 3 is 2.56 bits per heavy atom. The number of esters is 1. The molecule has 0 heterocycles. The molecule has 0 rings (SSSR count). The van der Waals surface area contributed by atoms with Crippen molar-refractivity contribution in [2.24, 2.45) is 5.73 Å². The molecule has 3 nitrogen and oxygen atoms in total. The summed E-state index contributed by atoms with van der Waals surface area (Å²) in [6.07, 6.45) is 0. The highest BCUT2D eigenvalue weighted by atomic mass is 35.5. The van der Waals surface area contributed by atoms with Crippen molar-refractivity contribution in [1.29, 1.82) is 0 Å². The molecule has 5 heteroatoms. The molecule has 56 valence electrons. The van der Waals surface area contributed by atoms with Gasteiger partial charge in [-0.05, 0) is 0 Å². The Bertz CT molecular complexity index is 79.0. The third-order valence-electron chi connectivity index (χ3n) is 0.507. The summed E-state index contributed by atoms with van der Waals surface area (Å²) >= 11 is 5.18. The molecule has 0 radical (unpaired) electrons. The van der Waals surface area contributed by atoms with E-state index in [-0.39, 0.29) is 25.6 Å². The number of rotatable bonds is 3. The second kappa shape index (κ2) is 8.01. The number of hydrogen-bond acceptors (Lipinski definition) is 3. The van der Waals surface area contributed by atoms with Gasteiger partial charge in [-0.2, -0.15) is 0 Å². The first-order valence-corrected chi connectivity index (χ1v) is 2.76. The molecule has 0 saturated heterocycles. The van der Waals surface area contributed by atoms with Crippen LogP contribution < -0.4 is 18.1 Å². The van der Waals surface area contributed by atoms with Gasteiger partial charge in [0.2, 0.25) is 0 Å². The Morgan fingerprint density at radius 1 is 1.67 bits per heavy atom. The Morgan fingerprint density at radius 2 is 2.22 bits per heavy atom. The SMILES string of the molecule is NCC(=O)OCCCl.[Cl-]. The lowest BCUT2D eigenvalue weighted by Gasteiger charge is -1.96. The molecule has 0 aromatic rings. The average molecular weight is 173 g/mol. The Kier molecular flexibility index (Phi) is 10.5. The first-order valence-electron chi connectivity index (χ1n) is 2.23. The van der Waals surface area contributed by atoms with Crippen LogP contribution in [0.15, 0.2) is 0 Å². The van der Waals surface area contributed by atoms with Gasteiger partial charge in [-0.15, -0.1) is 11.6 Å². The summed E-state index contributed by atoms with van der Waals surface area (Å²) in [6.45, 7) is 0.175. The van der Waals surface area contributed by atoms with Crippen molar-refractivity contribution < 1.29 is 21.9 Å². The van der Waals surface area contributed by atoms with Crippen molar-refractivity contribution in [2.75, 3.05) is 19.0 Å². The minimum Gasteiger partial charge on any atom is -1.00 e. The molecule has 0 spiro atoms. The van der Waals surface area contributed by atoms with Crippen molar-refractivity contribution in [1.82, 2.24) is 0 Å². The molecule has 0 aliphatic carbocycles. The molecular weight excluding hydrogens is 165 g/mol. The zero-order chi connectivity index (χ0) is 6.41. The number of carbonyl (C=O) groups is 1. The van der Waals surface area contributed by atoms with Crippen molar-refractivity contribution in [3.63, 3.8) is 0 Å². The summed E-state index contributed by atoms with van der Waals surface area (Å²) in [5.41, 5.74) is 4.90. The van der Waals surface area contributed by atoms with E-state index >= 15 is 0 Å². The minimum atomic E-state index is -0.411. The molecule has 0 fully saturated rings. The lowest BCUT2D eigenvalue weighted by molar-refractivity contribution is -0.141. The van der Waals surface area contributed by atoms with Crippen LogP contribution in [-0.4, -0.2) is 25.0 Å². The minimum absolute atomic E-state index is 0. The fourth-order valence-corrected chi connectivity index (χ4v) is 0.288. The quantitative estimate of drug-likeness (QED) is 0.360. The smallest absolute Gasteiger partial charge is 0.319 e. The van der Waals surface area contributed by atoms with E-state index in [0.717, 1.165) is 0 Å². The summed E-state index contributed by atoms with van der Waals surface area (Å²) in [4.78, 5) is 10.2. The number of nitrogens with two attached hydrogens (primary N) is 1. The summed E-state index contributed by atoms with van der Waals surface area (Å²) in [6, 6.07) is 0. The molecular formula is C4H8Cl2NO2-. The fourth-order valence-electron chi connectivity index (χ4n) is 0.211. The van der Waals surface area contributed by atoms with Crippen LogP contribution in [0.5, 0.6) is 0 Å². The van der Waals surface area contributed by atoms with E-state index in [1.165, 1.54) is 0 Å². The van der Waals surface area contributed by atoms with Gasteiger partial charge in [0.05, 0.1) is 12.4 Å². The van der Waals surface area contributed by atoms with Crippen molar-refractivity contribution in [2.45, 2.75) is 0 Å². The molecule has 0 aromatic carbocycles. The monoisotopic (exact) mass is 172 g/mol. The first-order chi connectivity index (χ1) is 3.81. The van der Waals surface area contributed by atoms with Gasteiger partial charge in [0, 0.05) is 0 Å². The maximum Gasteiger partial charge on any atom is 0.319 e. The van der Waals surface area contributed by atoms with Crippen LogP contribution in [0.4, 0.5) is 0 Å². The zero-order valence-electron chi connectivity index (χ0n) is 4.77. The van der Waals surface area contributed by atoms with Gasteiger partial charge in [-0.1, -0.05) is 0 Å². The van der Waals surface area contributed by atoms with E-state index in [1.807, 2.05) is 0 Å². The molecule has 0 saturated carbocycles. The van der Waals surface area contributed by atoms with Crippen molar-refractivity contribution in [3.05, 3.63) is 0 Å². The maximum atomic E-state index is 10.2. The van der Waals surface area contributed by atoms with Crippen LogP contribution in [0, 0.1) is 0 Å². The second-order valence-corrected chi connectivity index (χ2v) is 1.49. The number of halogens is 2. The molecule has 0 bridgehead atoms. The number of carbonyl (C=O) groups excluding carboxylic acids is 1. The number of hydrogen-bond donors (Lipinski definition) is 1. The maximum absolute atomic E-state index is 10.2. The highest BCUT2D eigenvalue weighted by molar-refractivity contribution is 6.18. The normalized spacial score (nSPS) is 7.78. The van der Waals surface area contributed by atoms with Crippen molar-refractivity contribution in [3.8, 4) is 0 Å². The van der Waals surface area contributed by atoms with Gasteiger partial charge < -0.3 is 22.9 Å². The van der Waals surface area contributed by atoms with Gasteiger partial charge >= 0.3 is 5.97 Å². The Hall–Kier alpha value is 0.01000. The first kappa shape index (κ1) is 11.8. The third-order valence-corrected chi connectivity index (χ3v) is 0.661. The molecule has 0 unspecified atom stereocenters. The van der Waals surface area contributed by atoms with E-state index in [2.05, 4.69) is 4.74 Å². The van der Waals surface area contributed by atoms with E-state index in [0.29, 0.717) is 5.88 Å². The Labute approximate surface area is 64.9 Å². The van der Waals surface area contributed by atoms with E-state index in [1.54, 1.807) is 0 Å². The highest BCUT2D eigenvalue weighted by Gasteiger charge is 1.94. The predicted octanol–water partition coefficient (Wildman–Crippen LogP) is -3.27. The molecule has 0 aromatic heterocycles. The molecule has 0 amide bonds. The summed E-state index contributed by atoms with van der Waals surface area (Å²) in [5, 5.41) is 0. The van der Waals surface area contributed by atoms with Crippen LogP contribution in [-0.2, 0) is 9.53 Å². The number of ether oxygens (including phenoxy) is 1. The highest BCUT2D eigenvalue weighted by Crippen LogP contribution is 1.77. The summed E-state index contributed by atoms with van der Waals surface area (Å²) in [5.74, 6) is -0.0863. The fraction of sp³-hybridized carbons (Fsp3) is 0.750. The molecule has 9 heavy (non-hydrogen) atoms. The van der Waals surface area contributed by atoms with Gasteiger partial charge in [-0.3, -0.25) is 4.79 Å². The molecule has 0 atom stereocenters. The predicted molar refractivity (Wildman–Crippen MR) is 30.7 cm³/mol.